The van der Waals surface area contributed by atoms with Crippen LogP contribution in [0.2, 0.25) is 0 Å². The molecule has 0 spiro atoms. The maximum Gasteiger partial charge on any atom is 0.0991 e. The molecule has 18 heavy (non-hydrogen) atoms. The number of nitrogens with zero attached hydrogens (tertiary/aromatic N) is 1. The molecule has 1 aromatic rings. The van der Waals surface area contributed by atoms with Crippen LogP contribution in [0.25, 0.3) is 0 Å². The van der Waals surface area contributed by atoms with Gasteiger partial charge in [0.05, 0.1) is 17.3 Å². The van der Waals surface area contributed by atoms with Crippen molar-refractivity contribution in [2.75, 3.05) is 7.11 Å². The summed E-state index contributed by atoms with van der Waals surface area (Å²) in [6, 6.07) is 0. The van der Waals surface area contributed by atoms with Crippen molar-refractivity contribution in [1.29, 1.82) is 0 Å². The maximum atomic E-state index is 5.20. The fraction of sp³-hybridized carbons (Fsp3) is 0.800. The average Bonchev–Trinajstić information content (AvgIpc) is 2.77. The van der Waals surface area contributed by atoms with E-state index < -0.39 is 0 Å². The van der Waals surface area contributed by atoms with E-state index in [2.05, 4.69) is 5.38 Å². The van der Waals surface area contributed by atoms with Crippen LogP contribution < -0.4 is 0 Å². The Morgan fingerprint density at radius 3 is 2.39 bits per heavy atom. The standard InChI is InChI=1S/C15H21NOS/c1-17-8-13-9-18-14(16-13)15-5-10-2-11(6-15)4-12(3-10)7-15/h9-12H,2-8H2,1H3. The summed E-state index contributed by atoms with van der Waals surface area (Å²) in [5, 5.41) is 3.63. The molecule has 4 aliphatic carbocycles. The zero-order chi connectivity index (χ0) is 12.2. The second kappa shape index (κ2) is 4.04. The van der Waals surface area contributed by atoms with Gasteiger partial charge in [0.2, 0.25) is 0 Å². The summed E-state index contributed by atoms with van der Waals surface area (Å²) in [6.07, 6.45) is 8.78. The first-order valence-corrected chi connectivity index (χ1v) is 8.09. The topological polar surface area (TPSA) is 22.1 Å². The highest BCUT2D eigenvalue weighted by molar-refractivity contribution is 7.09. The van der Waals surface area contributed by atoms with Crippen LogP contribution in [0.4, 0.5) is 0 Å². The van der Waals surface area contributed by atoms with E-state index >= 15 is 0 Å². The highest BCUT2D eigenvalue weighted by atomic mass is 32.1. The summed E-state index contributed by atoms with van der Waals surface area (Å²) in [4.78, 5) is 4.88. The third kappa shape index (κ3) is 1.67. The van der Waals surface area contributed by atoms with E-state index in [1.165, 1.54) is 43.5 Å². The molecule has 4 fully saturated rings. The molecule has 1 heterocycles. The van der Waals surface area contributed by atoms with Crippen LogP contribution in [0.5, 0.6) is 0 Å². The van der Waals surface area contributed by atoms with Gasteiger partial charge in [-0.25, -0.2) is 4.98 Å². The second-order valence-corrected chi connectivity index (χ2v) is 7.63. The highest BCUT2D eigenvalue weighted by Gasteiger charge is 2.52. The van der Waals surface area contributed by atoms with Crippen molar-refractivity contribution in [2.45, 2.75) is 50.5 Å². The first-order valence-electron chi connectivity index (χ1n) is 7.21. The first-order chi connectivity index (χ1) is 8.77. The van der Waals surface area contributed by atoms with Crippen molar-refractivity contribution in [3.63, 3.8) is 0 Å². The Kier molecular flexibility index (Phi) is 2.56. The lowest BCUT2D eigenvalue weighted by Crippen LogP contribution is -2.48. The van der Waals surface area contributed by atoms with Crippen molar-refractivity contribution in [3.05, 3.63) is 16.1 Å². The minimum Gasteiger partial charge on any atom is -0.378 e. The largest absolute Gasteiger partial charge is 0.378 e. The summed E-state index contributed by atoms with van der Waals surface area (Å²) >= 11 is 1.89. The highest BCUT2D eigenvalue weighted by Crippen LogP contribution is 2.61. The molecule has 4 aliphatic rings. The molecular formula is C15H21NOS. The molecular weight excluding hydrogens is 242 g/mol. The molecule has 0 atom stereocenters. The van der Waals surface area contributed by atoms with E-state index in [0.717, 1.165) is 23.4 Å². The number of hydrogen-bond donors (Lipinski definition) is 0. The van der Waals surface area contributed by atoms with Crippen LogP contribution in [0.3, 0.4) is 0 Å². The SMILES string of the molecule is COCc1csc(C23CC4CC(CC(C4)C2)C3)n1. The third-order valence-corrected chi connectivity index (χ3v) is 6.47. The molecule has 0 aromatic carbocycles. The lowest BCUT2D eigenvalue weighted by Gasteiger charge is -2.56. The van der Waals surface area contributed by atoms with Crippen LogP contribution in [0.15, 0.2) is 5.38 Å². The third-order valence-electron chi connectivity index (χ3n) is 5.34. The van der Waals surface area contributed by atoms with Gasteiger partial charge in [0.1, 0.15) is 0 Å². The number of rotatable bonds is 3. The van der Waals surface area contributed by atoms with Crippen LogP contribution in [-0.2, 0) is 16.8 Å². The monoisotopic (exact) mass is 263 g/mol. The lowest BCUT2D eigenvalue weighted by molar-refractivity contribution is -0.00542. The molecule has 98 valence electrons. The molecule has 3 heteroatoms. The molecule has 1 aromatic heterocycles. The van der Waals surface area contributed by atoms with Gasteiger partial charge in [0, 0.05) is 17.9 Å². The van der Waals surface area contributed by atoms with E-state index in [1.807, 2.05) is 11.3 Å². The van der Waals surface area contributed by atoms with Gasteiger partial charge in [0.25, 0.3) is 0 Å². The van der Waals surface area contributed by atoms with E-state index in [1.54, 1.807) is 7.11 Å². The van der Waals surface area contributed by atoms with E-state index in [4.69, 9.17) is 9.72 Å². The molecule has 0 unspecified atom stereocenters. The smallest absolute Gasteiger partial charge is 0.0991 e. The quantitative estimate of drug-likeness (QED) is 0.828. The molecule has 0 radical (unpaired) electrons. The predicted molar refractivity (Wildman–Crippen MR) is 72.7 cm³/mol. The Balaban J connectivity index is 1.66. The number of methoxy groups -OCH3 is 1. The van der Waals surface area contributed by atoms with E-state index in [9.17, 15) is 0 Å². The average molecular weight is 263 g/mol. The van der Waals surface area contributed by atoms with Crippen molar-refractivity contribution in [1.82, 2.24) is 4.98 Å². The van der Waals surface area contributed by atoms with E-state index in [-0.39, 0.29) is 0 Å². The Morgan fingerprint density at radius 2 is 1.83 bits per heavy atom. The van der Waals surface area contributed by atoms with Gasteiger partial charge in [-0.1, -0.05) is 0 Å². The first kappa shape index (κ1) is 11.4. The van der Waals surface area contributed by atoms with Crippen LogP contribution >= 0.6 is 11.3 Å². The van der Waals surface area contributed by atoms with E-state index in [0.29, 0.717) is 12.0 Å². The van der Waals surface area contributed by atoms with Gasteiger partial charge in [0.15, 0.2) is 0 Å². The molecule has 0 N–H and O–H groups in total. The lowest BCUT2D eigenvalue weighted by atomic mass is 9.50. The zero-order valence-electron chi connectivity index (χ0n) is 11.0. The minimum atomic E-state index is 0.464. The minimum absolute atomic E-state index is 0.464. The maximum absolute atomic E-state index is 5.20. The molecule has 0 aliphatic heterocycles. The van der Waals surface area contributed by atoms with Gasteiger partial charge < -0.3 is 4.74 Å². The summed E-state index contributed by atoms with van der Waals surface area (Å²) in [6.45, 7) is 0.670. The zero-order valence-corrected chi connectivity index (χ0v) is 11.8. The summed E-state index contributed by atoms with van der Waals surface area (Å²) in [7, 11) is 1.75. The van der Waals surface area contributed by atoms with Crippen LogP contribution in [0.1, 0.15) is 49.2 Å². The fourth-order valence-corrected chi connectivity index (χ4v) is 6.18. The summed E-state index contributed by atoms with van der Waals surface area (Å²) in [5.41, 5.74) is 1.60. The molecule has 0 saturated heterocycles. The summed E-state index contributed by atoms with van der Waals surface area (Å²) < 4.78 is 5.20. The Bertz CT molecular complexity index is 418. The van der Waals surface area contributed by atoms with Gasteiger partial charge in [-0.3, -0.25) is 0 Å². The number of aromatic nitrogens is 1. The molecule has 2 nitrogen and oxygen atoms in total. The molecule has 5 rings (SSSR count). The van der Waals surface area contributed by atoms with Crippen LogP contribution in [-0.4, -0.2) is 12.1 Å². The van der Waals surface area contributed by atoms with Gasteiger partial charge in [-0.2, -0.15) is 0 Å². The van der Waals surface area contributed by atoms with Crippen molar-refractivity contribution in [2.24, 2.45) is 17.8 Å². The number of ether oxygens (including phenoxy) is 1. The Labute approximate surface area is 113 Å². The van der Waals surface area contributed by atoms with Crippen molar-refractivity contribution < 1.29 is 4.74 Å². The Morgan fingerprint density at radius 1 is 1.22 bits per heavy atom. The number of thiazole rings is 1. The van der Waals surface area contributed by atoms with Crippen molar-refractivity contribution >= 4 is 11.3 Å². The normalized spacial score (nSPS) is 41.5. The van der Waals surface area contributed by atoms with Crippen molar-refractivity contribution in [3.8, 4) is 0 Å². The van der Waals surface area contributed by atoms with Gasteiger partial charge in [-0.05, 0) is 56.3 Å². The molecule has 4 saturated carbocycles. The van der Waals surface area contributed by atoms with Gasteiger partial charge >= 0.3 is 0 Å². The second-order valence-electron chi connectivity index (χ2n) is 6.77. The predicted octanol–water partition coefficient (Wildman–Crippen LogP) is 3.76. The molecule has 4 bridgehead atoms. The van der Waals surface area contributed by atoms with Crippen LogP contribution in [0, 0.1) is 17.8 Å². The Hall–Kier alpha value is -0.410. The fourth-order valence-electron chi connectivity index (χ4n) is 5.14. The summed E-state index contributed by atoms with van der Waals surface area (Å²) in [5.74, 6) is 3.02. The van der Waals surface area contributed by atoms with Gasteiger partial charge in [-0.15, -0.1) is 11.3 Å². The molecule has 0 amide bonds. The number of hydrogen-bond acceptors (Lipinski definition) is 3.